The average molecular weight is 449 g/mol. The van der Waals surface area contributed by atoms with Crippen molar-refractivity contribution in [1.29, 1.82) is 0 Å². The number of aromatic nitrogens is 3. The summed E-state index contributed by atoms with van der Waals surface area (Å²) in [5.74, 6) is 0.581. The molecule has 2 aromatic carbocycles. The minimum atomic E-state index is -3.76. The molecule has 4 aromatic rings. The molecule has 1 fully saturated rings. The molecule has 0 amide bonds. The van der Waals surface area contributed by atoms with Crippen LogP contribution in [-0.4, -0.2) is 35.9 Å². The van der Waals surface area contributed by atoms with E-state index in [4.69, 9.17) is 4.74 Å². The van der Waals surface area contributed by atoms with Gasteiger partial charge in [-0.3, -0.25) is 0 Å². The Labute approximate surface area is 186 Å². The van der Waals surface area contributed by atoms with Gasteiger partial charge < -0.3 is 14.6 Å². The molecule has 2 aliphatic heterocycles. The number of rotatable bonds is 4. The minimum absolute atomic E-state index is 0.232. The number of hydrogen-bond acceptors (Lipinski definition) is 5. The molecule has 2 atom stereocenters. The van der Waals surface area contributed by atoms with Crippen LogP contribution in [0.4, 0.5) is 0 Å². The second-order valence-corrected chi connectivity index (χ2v) is 10.5. The molecule has 6 rings (SSSR count). The van der Waals surface area contributed by atoms with Crippen LogP contribution in [0.2, 0.25) is 0 Å². The molecule has 2 unspecified atom stereocenters. The number of ether oxygens (including phenoxy) is 1. The Hall–Kier alpha value is -3.10. The molecule has 1 saturated heterocycles. The summed E-state index contributed by atoms with van der Waals surface area (Å²) in [4.78, 5) is 0.476. The van der Waals surface area contributed by atoms with Gasteiger partial charge in [0.2, 0.25) is 9.84 Å². The highest BCUT2D eigenvalue weighted by molar-refractivity contribution is 7.91. The predicted octanol–water partition coefficient (Wildman–Crippen LogP) is 3.55. The molecule has 0 aliphatic carbocycles. The lowest BCUT2D eigenvalue weighted by atomic mass is 9.99. The van der Waals surface area contributed by atoms with E-state index < -0.39 is 9.84 Å². The highest BCUT2D eigenvalue weighted by Crippen LogP contribution is 2.45. The molecule has 0 saturated carbocycles. The van der Waals surface area contributed by atoms with Crippen LogP contribution >= 0.6 is 0 Å². The van der Waals surface area contributed by atoms with Crippen molar-refractivity contribution in [3.05, 3.63) is 66.1 Å². The van der Waals surface area contributed by atoms with Crippen LogP contribution in [0.25, 0.3) is 16.6 Å². The zero-order valence-corrected chi connectivity index (χ0v) is 18.8. The number of hydrogen-bond donors (Lipinski definition) is 1. The summed E-state index contributed by atoms with van der Waals surface area (Å²) in [5.41, 5.74) is 4.15. The fraction of sp³-hybridized carbons (Fsp3) is 0.292. The average Bonchev–Trinajstić information content (AvgIpc) is 3.53. The van der Waals surface area contributed by atoms with E-state index in [1.54, 1.807) is 54.5 Å². The number of nitrogens with zero attached hydrogens (tertiary/aromatic N) is 3. The van der Waals surface area contributed by atoms with Crippen LogP contribution in [0.5, 0.6) is 5.75 Å². The third-order valence-electron chi connectivity index (χ3n) is 6.85. The van der Waals surface area contributed by atoms with Crippen molar-refractivity contribution in [2.24, 2.45) is 7.05 Å². The Morgan fingerprint density at radius 3 is 2.78 bits per heavy atom. The number of aryl methyl sites for hydroxylation is 1. The zero-order chi connectivity index (χ0) is 22.0. The van der Waals surface area contributed by atoms with E-state index >= 15 is 0 Å². The lowest BCUT2D eigenvalue weighted by Crippen LogP contribution is -2.32. The molecule has 164 valence electrons. The van der Waals surface area contributed by atoms with Crippen LogP contribution in [0.15, 0.2) is 64.6 Å². The third kappa shape index (κ3) is 2.76. The fourth-order valence-corrected chi connectivity index (χ4v) is 6.68. The normalized spacial score (nSPS) is 19.9. The smallest absolute Gasteiger partial charge is 0.206 e. The maximum absolute atomic E-state index is 13.7. The van der Waals surface area contributed by atoms with Crippen molar-refractivity contribution in [2.75, 3.05) is 7.11 Å². The zero-order valence-electron chi connectivity index (χ0n) is 17.9. The van der Waals surface area contributed by atoms with Gasteiger partial charge in [0.25, 0.3) is 0 Å². The van der Waals surface area contributed by atoms with Gasteiger partial charge in [0.15, 0.2) is 0 Å². The van der Waals surface area contributed by atoms with Gasteiger partial charge in [-0.05, 0) is 48.7 Å². The van der Waals surface area contributed by atoms with Gasteiger partial charge >= 0.3 is 0 Å². The summed E-state index contributed by atoms with van der Waals surface area (Å²) in [6, 6.07) is 12.9. The van der Waals surface area contributed by atoms with Crippen LogP contribution in [0.1, 0.15) is 30.1 Å². The van der Waals surface area contributed by atoms with Crippen molar-refractivity contribution >= 4 is 20.7 Å². The number of sulfone groups is 1. The monoisotopic (exact) mass is 448 g/mol. The first-order valence-electron chi connectivity index (χ1n) is 10.8. The van der Waals surface area contributed by atoms with Crippen LogP contribution in [0.3, 0.4) is 0 Å². The molecule has 7 nitrogen and oxygen atoms in total. The van der Waals surface area contributed by atoms with Crippen molar-refractivity contribution in [3.8, 4) is 11.4 Å². The lowest BCUT2D eigenvalue weighted by molar-refractivity contribution is 0.416. The number of benzene rings is 2. The Kier molecular flexibility index (Phi) is 4.25. The number of methoxy groups -OCH3 is 1. The quantitative estimate of drug-likeness (QED) is 0.517. The standard InChI is InChI=1S/C24H24N4O3S/c1-27-21-11-15-7-8-20(26-15)23(21)19-13-18(14-22(31-2)24(19)27)32(29,30)17-6-3-5-16(12-17)28-10-4-9-25-28/h3-6,9-10,12-15,20,26H,7-8,11H2,1-2H3. The van der Waals surface area contributed by atoms with E-state index in [1.165, 1.54) is 11.3 Å². The third-order valence-corrected chi connectivity index (χ3v) is 8.58. The summed E-state index contributed by atoms with van der Waals surface area (Å²) in [7, 11) is -0.110. The molecule has 2 aliphatic rings. The number of fused-ring (bicyclic) bond motifs is 6. The van der Waals surface area contributed by atoms with Gasteiger partial charge in [0.05, 0.1) is 28.1 Å². The maximum atomic E-state index is 13.7. The SMILES string of the molecule is COc1cc(S(=O)(=O)c2cccc(-n3cccn3)c2)cc2c3c(n(C)c12)CC1CCC3N1. The van der Waals surface area contributed by atoms with Gasteiger partial charge in [0, 0.05) is 55.1 Å². The van der Waals surface area contributed by atoms with Gasteiger partial charge in [-0.1, -0.05) is 6.07 Å². The van der Waals surface area contributed by atoms with Crippen molar-refractivity contribution in [3.63, 3.8) is 0 Å². The molecule has 0 spiro atoms. The van der Waals surface area contributed by atoms with Crippen LogP contribution in [-0.2, 0) is 23.3 Å². The maximum Gasteiger partial charge on any atom is 0.206 e. The van der Waals surface area contributed by atoms with Crippen LogP contribution in [0, 0.1) is 0 Å². The summed E-state index contributed by atoms with van der Waals surface area (Å²) >= 11 is 0. The molecular weight excluding hydrogens is 424 g/mol. The molecule has 0 radical (unpaired) electrons. The van der Waals surface area contributed by atoms with Crippen molar-refractivity contribution in [1.82, 2.24) is 19.7 Å². The second kappa shape index (κ2) is 6.95. The minimum Gasteiger partial charge on any atom is -0.495 e. The fourth-order valence-electron chi connectivity index (χ4n) is 5.34. The van der Waals surface area contributed by atoms with Gasteiger partial charge in [-0.25, -0.2) is 13.1 Å². The largest absolute Gasteiger partial charge is 0.495 e. The highest BCUT2D eigenvalue weighted by atomic mass is 32.2. The molecule has 1 N–H and O–H groups in total. The Morgan fingerprint density at radius 2 is 2.00 bits per heavy atom. The van der Waals surface area contributed by atoms with E-state index in [2.05, 4.69) is 22.0 Å². The Balaban J connectivity index is 1.55. The molecule has 2 aromatic heterocycles. The number of nitrogens with one attached hydrogen (secondary N) is 1. The van der Waals surface area contributed by atoms with E-state index in [0.717, 1.165) is 30.2 Å². The van der Waals surface area contributed by atoms with Gasteiger partial charge in [-0.15, -0.1) is 0 Å². The van der Waals surface area contributed by atoms with E-state index in [1.807, 2.05) is 12.1 Å². The first-order valence-corrected chi connectivity index (χ1v) is 12.3. The van der Waals surface area contributed by atoms with E-state index in [9.17, 15) is 8.42 Å². The summed E-state index contributed by atoms with van der Waals surface area (Å²) in [5, 5.41) is 8.86. The second-order valence-electron chi connectivity index (χ2n) is 8.59. The molecule has 8 heteroatoms. The first-order chi connectivity index (χ1) is 15.5. The summed E-state index contributed by atoms with van der Waals surface area (Å²) in [6.45, 7) is 0. The van der Waals surface area contributed by atoms with Gasteiger partial charge in [-0.2, -0.15) is 5.10 Å². The van der Waals surface area contributed by atoms with Gasteiger partial charge in [0.1, 0.15) is 5.75 Å². The summed E-state index contributed by atoms with van der Waals surface area (Å²) in [6.07, 6.45) is 6.63. The van der Waals surface area contributed by atoms with Crippen LogP contribution < -0.4 is 10.1 Å². The van der Waals surface area contributed by atoms with Crippen molar-refractivity contribution in [2.45, 2.75) is 41.1 Å². The summed E-state index contributed by atoms with van der Waals surface area (Å²) < 4.78 is 36.9. The first kappa shape index (κ1) is 19.6. The Morgan fingerprint density at radius 1 is 1.12 bits per heavy atom. The molecular formula is C24H24N4O3S. The topological polar surface area (TPSA) is 78.2 Å². The Bertz CT molecular complexity index is 1450. The highest BCUT2D eigenvalue weighted by Gasteiger charge is 2.37. The predicted molar refractivity (Wildman–Crippen MR) is 121 cm³/mol. The molecule has 2 bridgehead atoms. The van der Waals surface area contributed by atoms with Crippen molar-refractivity contribution < 1.29 is 13.2 Å². The lowest BCUT2D eigenvalue weighted by Gasteiger charge is -2.23. The van der Waals surface area contributed by atoms with E-state index in [0.29, 0.717) is 17.5 Å². The van der Waals surface area contributed by atoms with E-state index in [-0.39, 0.29) is 15.8 Å². The molecule has 4 heterocycles. The molecule has 32 heavy (non-hydrogen) atoms.